The lowest BCUT2D eigenvalue weighted by Gasteiger charge is -2.47. The third-order valence-electron chi connectivity index (χ3n) is 9.12. The molecule has 6 rings (SSSR count). The Balaban J connectivity index is 1.24. The van der Waals surface area contributed by atoms with Crippen molar-refractivity contribution in [2.75, 3.05) is 11.9 Å². The summed E-state index contributed by atoms with van der Waals surface area (Å²) in [7, 11) is 0. The van der Waals surface area contributed by atoms with E-state index in [0.29, 0.717) is 55.0 Å². The van der Waals surface area contributed by atoms with Crippen LogP contribution in [-0.4, -0.2) is 34.6 Å². The summed E-state index contributed by atoms with van der Waals surface area (Å²) in [6.45, 7) is -0.0903. The van der Waals surface area contributed by atoms with E-state index in [1.54, 1.807) is 30.5 Å². The molecule has 2 heterocycles. The minimum Gasteiger partial charge on any atom is -0.491 e. The van der Waals surface area contributed by atoms with Gasteiger partial charge < -0.3 is 15.2 Å². The predicted octanol–water partition coefficient (Wildman–Crippen LogP) is 8.22. The fourth-order valence-electron chi connectivity index (χ4n) is 6.98. The highest BCUT2D eigenvalue weighted by atomic mass is 35.5. The van der Waals surface area contributed by atoms with Gasteiger partial charge in [-0.2, -0.15) is 0 Å². The highest BCUT2D eigenvalue weighted by Gasteiger charge is 2.54. The van der Waals surface area contributed by atoms with Gasteiger partial charge in [0.15, 0.2) is 0 Å². The molecule has 1 saturated carbocycles. The lowest BCUT2D eigenvalue weighted by atomic mass is 9.59. The molecule has 2 aromatic carbocycles. The van der Waals surface area contributed by atoms with Crippen LogP contribution >= 0.6 is 22.9 Å². The van der Waals surface area contributed by atoms with Crippen LogP contribution in [0.4, 0.5) is 14.5 Å². The van der Waals surface area contributed by atoms with Crippen LogP contribution in [-0.2, 0) is 16.6 Å². The van der Waals surface area contributed by atoms with Crippen molar-refractivity contribution in [1.82, 2.24) is 4.98 Å². The lowest BCUT2D eigenvalue weighted by molar-refractivity contribution is -0.144. The number of ether oxygens (including phenoxy) is 1. The summed E-state index contributed by atoms with van der Waals surface area (Å²) in [4.78, 5) is 17.0. The molecular weight excluding hydrogens is 566 g/mol. The molecule has 0 saturated heterocycles. The molecule has 4 aromatic rings. The second kappa shape index (κ2) is 11.2. The van der Waals surface area contributed by atoms with Gasteiger partial charge in [0.2, 0.25) is 6.43 Å². The van der Waals surface area contributed by atoms with Gasteiger partial charge in [-0.1, -0.05) is 41.9 Å². The van der Waals surface area contributed by atoms with E-state index in [1.807, 2.05) is 29.6 Å². The second-order valence-electron chi connectivity index (χ2n) is 11.3. The molecule has 2 aliphatic carbocycles. The Labute approximate surface area is 246 Å². The fourth-order valence-corrected chi connectivity index (χ4v) is 7.99. The number of hydrogen-bond donors (Lipinski definition) is 2. The number of hydrogen-bond acceptors (Lipinski definition) is 5. The van der Waals surface area contributed by atoms with Crippen LogP contribution in [0.1, 0.15) is 43.2 Å². The summed E-state index contributed by atoms with van der Waals surface area (Å²) in [5.41, 5.74) is 2.28. The summed E-state index contributed by atoms with van der Waals surface area (Å²) in [6, 6.07) is 18.9. The van der Waals surface area contributed by atoms with Gasteiger partial charge in [-0.15, -0.1) is 11.3 Å². The third kappa shape index (κ3) is 5.28. The average Bonchev–Trinajstić information content (AvgIpc) is 3.56. The topological polar surface area (TPSA) is 71.5 Å². The zero-order valence-electron chi connectivity index (χ0n) is 22.4. The first-order valence-electron chi connectivity index (χ1n) is 13.9. The van der Waals surface area contributed by atoms with Crippen LogP contribution in [0.2, 0.25) is 5.02 Å². The number of carbonyl (C=O) groups is 1. The maximum absolute atomic E-state index is 14.5. The van der Waals surface area contributed by atoms with Gasteiger partial charge in [0.05, 0.1) is 22.7 Å². The number of pyridine rings is 1. The van der Waals surface area contributed by atoms with E-state index in [9.17, 15) is 18.7 Å². The van der Waals surface area contributed by atoms with E-state index >= 15 is 0 Å². The molecule has 5 nitrogen and oxygen atoms in total. The van der Waals surface area contributed by atoms with Crippen molar-refractivity contribution in [3.63, 3.8) is 0 Å². The van der Waals surface area contributed by atoms with Gasteiger partial charge in [-0.3, -0.25) is 4.98 Å². The van der Waals surface area contributed by atoms with E-state index < -0.39 is 23.9 Å². The molecular formula is C32H31ClF2N2O3S. The Kier molecular flexibility index (Phi) is 7.64. The first kappa shape index (κ1) is 27.9. The molecule has 0 amide bonds. The molecule has 41 heavy (non-hydrogen) atoms. The smallest absolute Gasteiger partial charge is 0.329 e. The first-order chi connectivity index (χ1) is 19.8. The quantitative estimate of drug-likeness (QED) is 0.204. The SMILES string of the molecule is O=C(O)C1(Nc2cccc(Cl)c2)CCC2(CC1)c1ccccc1C[C@@H]2C[C@@H](COc1ccnc2ccsc12)C(F)F. The van der Waals surface area contributed by atoms with Crippen molar-refractivity contribution in [2.45, 2.75) is 55.9 Å². The number of alkyl halides is 2. The number of benzene rings is 2. The predicted molar refractivity (Wildman–Crippen MR) is 158 cm³/mol. The van der Waals surface area contributed by atoms with Crippen molar-refractivity contribution in [3.8, 4) is 5.75 Å². The van der Waals surface area contributed by atoms with Crippen LogP contribution in [0.15, 0.2) is 72.2 Å². The molecule has 9 heteroatoms. The second-order valence-corrected chi connectivity index (χ2v) is 12.7. The number of nitrogens with one attached hydrogen (secondary N) is 1. The number of thiophene rings is 1. The Morgan fingerprint density at radius 3 is 2.68 bits per heavy atom. The number of aromatic nitrogens is 1. The number of nitrogens with zero attached hydrogens (tertiary/aromatic N) is 1. The van der Waals surface area contributed by atoms with E-state index in [-0.39, 0.29) is 17.9 Å². The van der Waals surface area contributed by atoms with Gasteiger partial charge in [0.25, 0.3) is 0 Å². The molecule has 2 aliphatic rings. The monoisotopic (exact) mass is 596 g/mol. The molecule has 1 fully saturated rings. The van der Waals surface area contributed by atoms with Crippen molar-refractivity contribution in [2.24, 2.45) is 11.8 Å². The summed E-state index contributed by atoms with van der Waals surface area (Å²) >= 11 is 7.64. The van der Waals surface area contributed by atoms with E-state index in [1.165, 1.54) is 22.5 Å². The standard InChI is InChI=1S/C32H31ClF2N2O3S/c33-23-5-3-6-24(18-23)37-32(30(38)39)12-10-31(11-13-32)22(16-20-4-1-2-7-25(20)31)17-21(29(34)35)19-40-27-8-14-36-26-9-15-41-28(26)27/h1-9,14-15,18,21-22,29,37H,10-13,16-17,19H2,(H,38,39)/t21-,22+,31?,32?/m0/s1. The number of fused-ring (bicyclic) bond motifs is 3. The third-order valence-corrected chi connectivity index (χ3v) is 10.3. The number of rotatable bonds is 9. The molecule has 0 aliphatic heterocycles. The average molecular weight is 597 g/mol. The van der Waals surface area contributed by atoms with Crippen LogP contribution in [0, 0.1) is 11.8 Å². The summed E-state index contributed by atoms with van der Waals surface area (Å²) < 4.78 is 35.9. The lowest BCUT2D eigenvalue weighted by Crippen LogP contribution is -2.53. The van der Waals surface area contributed by atoms with Crippen molar-refractivity contribution in [1.29, 1.82) is 0 Å². The maximum Gasteiger partial charge on any atom is 0.329 e. The maximum atomic E-state index is 14.5. The van der Waals surface area contributed by atoms with E-state index in [4.69, 9.17) is 16.3 Å². The molecule has 2 N–H and O–H groups in total. The van der Waals surface area contributed by atoms with E-state index in [2.05, 4.69) is 22.4 Å². The molecule has 2 aromatic heterocycles. The number of halogens is 3. The van der Waals surface area contributed by atoms with Crippen molar-refractivity contribution >= 4 is 44.8 Å². The molecule has 2 atom stereocenters. The van der Waals surface area contributed by atoms with Crippen LogP contribution in [0.25, 0.3) is 10.2 Å². The highest BCUT2D eigenvalue weighted by Crippen LogP contribution is 2.56. The summed E-state index contributed by atoms with van der Waals surface area (Å²) in [5.74, 6) is -1.33. The Morgan fingerprint density at radius 1 is 1.12 bits per heavy atom. The van der Waals surface area contributed by atoms with Crippen LogP contribution in [0.3, 0.4) is 0 Å². The summed E-state index contributed by atoms with van der Waals surface area (Å²) in [6.07, 6.45) is 2.03. The van der Waals surface area contributed by atoms with Crippen molar-refractivity contribution < 1.29 is 23.4 Å². The number of anilines is 1. The zero-order chi connectivity index (χ0) is 28.6. The molecule has 0 bridgehead atoms. The molecule has 0 unspecified atom stereocenters. The number of carboxylic acids is 1. The van der Waals surface area contributed by atoms with Crippen LogP contribution < -0.4 is 10.1 Å². The minimum atomic E-state index is -2.54. The molecule has 1 spiro atoms. The minimum absolute atomic E-state index is 0.0420. The molecule has 0 radical (unpaired) electrons. The normalized spacial score (nSPS) is 24.4. The first-order valence-corrected chi connectivity index (χ1v) is 15.1. The Morgan fingerprint density at radius 2 is 1.93 bits per heavy atom. The van der Waals surface area contributed by atoms with Gasteiger partial charge in [0.1, 0.15) is 11.3 Å². The molecule has 214 valence electrons. The van der Waals surface area contributed by atoms with Crippen molar-refractivity contribution in [3.05, 3.63) is 88.4 Å². The number of carboxylic acid groups (broad SMARTS) is 1. The van der Waals surface area contributed by atoms with E-state index in [0.717, 1.165) is 10.2 Å². The highest BCUT2D eigenvalue weighted by molar-refractivity contribution is 7.17. The van der Waals surface area contributed by atoms with Gasteiger partial charge >= 0.3 is 5.97 Å². The summed E-state index contributed by atoms with van der Waals surface area (Å²) in [5, 5.41) is 16.1. The Bertz CT molecular complexity index is 1550. The van der Waals surface area contributed by atoms with Crippen LogP contribution in [0.5, 0.6) is 5.75 Å². The fraction of sp³-hybridized carbons (Fsp3) is 0.375. The van der Waals surface area contributed by atoms with Gasteiger partial charge in [-0.25, -0.2) is 13.6 Å². The van der Waals surface area contributed by atoms with Gasteiger partial charge in [-0.05, 0) is 96.7 Å². The Hall–Kier alpha value is -3.23. The zero-order valence-corrected chi connectivity index (χ0v) is 23.9. The number of aliphatic carboxylic acids is 1. The largest absolute Gasteiger partial charge is 0.491 e. The van der Waals surface area contributed by atoms with Gasteiger partial charge in [0, 0.05) is 16.9 Å².